The lowest BCUT2D eigenvalue weighted by Crippen LogP contribution is -2.40. The van der Waals surface area contributed by atoms with Gasteiger partial charge in [0.25, 0.3) is 0 Å². The van der Waals surface area contributed by atoms with E-state index in [1.165, 1.54) is 61.9 Å². The van der Waals surface area contributed by atoms with E-state index in [0.717, 1.165) is 44.2 Å². The van der Waals surface area contributed by atoms with Crippen molar-refractivity contribution in [3.05, 3.63) is 37.5 Å². The number of aliphatic imine (C=N–C) groups is 1. The summed E-state index contributed by atoms with van der Waals surface area (Å²) in [5.74, 6) is 2.54. The molecule has 1 spiro atoms. The van der Waals surface area contributed by atoms with E-state index in [2.05, 4.69) is 77.1 Å². The van der Waals surface area contributed by atoms with Crippen LogP contribution < -0.4 is 10.6 Å². The lowest BCUT2D eigenvalue weighted by atomic mass is 9.59. The second-order valence-electron chi connectivity index (χ2n) is 13.3. The van der Waals surface area contributed by atoms with Gasteiger partial charge in [-0.3, -0.25) is 4.99 Å². The number of allylic oxidation sites excluding steroid dienone is 3. The van der Waals surface area contributed by atoms with Crippen LogP contribution in [0.3, 0.4) is 0 Å². The van der Waals surface area contributed by atoms with Crippen molar-refractivity contribution in [3.63, 3.8) is 0 Å². The van der Waals surface area contributed by atoms with Crippen molar-refractivity contribution in [2.75, 3.05) is 20.1 Å². The highest BCUT2D eigenvalue weighted by molar-refractivity contribution is 7.80. The molecule has 5 fully saturated rings. The molecule has 4 heteroatoms. The fraction of sp³-hybridized carbons (Fsp3) is 0.778. The summed E-state index contributed by atoms with van der Waals surface area (Å²) in [6, 6.07) is 1.10. The van der Waals surface area contributed by atoms with E-state index >= 15 is 0 Å². The Bertz CT molecular complexity index is 921. The lowest BCUT2D eigenvalue weighted by Gasteiger charge is -2.45. The minimum absolute atomic E-state index is 0. The van der Waals surface area contributed by atoms with E-state index < -0.39 is 0 Å². The van der Waals surface area contributed by atoms with Gasteiger partial charge < -0.3 is 10.6 Å². The lowest BCUT2D eigenvalue weighted by molar-refractivity contribution is 0.0525. The van der Waals surface area contributed by atoms with Crippen molar-refractivity contribution in [2.24, 2.45) is 39.0 Å². The molecule has 0 aromatic carbocycles. The van der Waals surface area contributed by atoms with E-state index in [9.17, 15) is 0 Å². The number of fused-ring (bicyclic) bond motifs is 2. The van der Waals surface area contributed by atoms with E-state index in [0.29, 0.717) is 34.2 Å². The molecule has 2 N–H and O–H groups in total. The second-order valence-corrected chi connectivity index (χ2v) is 13.8. The second kappa shape index (κ2) is 14.9. The molecule has 0 aromatic heterocycles. The van der Waals surface area contributed by atoms with Gasteiger partial charge >= 0.3 is 0 Å². The first-order chi connectivity index (χ1) is 18.7. The summed E-state index contributed by atoms with van der Waals surface area (Å²) >= 11 is 5.50. The maximum absolute atomic E-state index is 5.50. The molecule has 1 saturated heterocycles. The molecule has 5 aliphatic rings. The van der Waals surface area contributed by atoms with Crippen molar-refractivity contribution < 1.29 is 0 Å². The normalized spacial score (nSPS) is 38.3. The Hall–Kier alpha value is -1.10. The summed E-state index contributed by atoms with van der Waals surface area (Å²) in [6.07, 6.45) is 19.0. The molecule has 4 saturated carbocycles. The van der Waals surface area contributed by atoms with Crippen LogP contribution in [0.2, 0.25) is 0 Å². The minimum Gasteiger partial charge on any atom is -0.318 e. The van der Waals surface area contributed by atoms with Crippen LogP contribution in [-0.4, -0.2) is 42.8 Å². The Labute approximate surface area is 254 Å². The number of hydrogen-bond donors (Lipinski definition) is 2. The van der Waals surface area contributed by atoms with Crippen LogP contribution >= 0.6 is 12.2 Å². The summed E-state index contributed by atoms with van der Waals surface area (Å²) in [7, 11) is 1.95. The maximum Gasteiger partial charge on any atom is 0.0389 e. The van der Waals surface area contributed by atoms with E-state index in [1.54, 1.807) is 5.57 Å². The van der Waals surface area contributed by atoms with Crippen molar-refractivity contribution in [1.82, 2.24) is 10.6 Å². The number of nitrogens with zero attached hydrogens (tertiary/aromatic N) is 1. The number of hydrogen-bond acceptors (Lipinski definition) is 4. The Morgan fingerprint density at radius 3 is 2.45 bits per heavy atom. The minimum atomic E-state index is 0. The molecule has 228 valence electrons. The average molecular weight is 570 g/mol. The highest BCUT2D eigenvalue weighted by Gasteiger charge is 2.84. The molecule has 1 heterocycles. The van der Waals surface area contributed by atoms with Gasteiger partial charge in [-0.2, -0.15) is 0 Å². The van der Waals surface area contributed by atoms with Crippen LogP contribution in [0.25, 0.3) is 0 Å². The third kappa shape index (κ3) is 6.02. The SMILES string of the molecule is C.C=C.C=C/C=C1/CCC23C4CCC(C(C)=NCCCC5NCCC5=S)C4(C)CCC2C13CCC.CNC(C)C. The molecule has 1 aliphatic heterocycles. The zero-order valence-electron chi connectivity index (χ0n) is 26.2. The Balaban J connectivity index is 0.000000634. The summed E-state index contributed by atoms with van der Waals surface area (Å²) in [5.41, 5.74) is 4.79. The summed E-state index contributed by atoms with van der Waals surface area (Å²) in [4.78, 5) is 6.40. The standard InChI is InChI=1S/C29H44N2S.C4H11N.C2H4.CH4/c1-5-8-21-12-17-29-25-11-10-22(20(3)30-18-7-9-23-24(32)14-19-31-23)27(25,4)16-13-26(29)28(21,29)15-6-2;1-4(2)5-3;1-2;/h5,8,22-23,25-26,31H,1,6-7,9-19H2,2-4H3;4-5H,1-3H3;1-2H2;1H4/b21-8-,30-20?;;;. The molecule has 4 aliphatic carbocycles. The van der Waals surface area contributed by atoms with Gasteiger partial charge in [0, 0.05) is 47.1 Å². The molecule has 0 radical (unpaired) electrons. The highest BCUT2D eigenvalue weighted by Crippen LogP contribution is 2.90. The van der Waals surface area contributed by atoms with Crippen LogP contribution in [0, 0.1) is 34.0 Å². The molecule has 40 heavy (non-hydrogen) atoms. The molecular weight excluding hydrogens is 506 g/mol. The van der Waals surface area contributed by atoms with Crippen molar-refractivity contribution in [3.8, 4) is 0 Å². The fourth-order valence-corrected chi connectivity index (χ4v) is 10.2. The Kier molecular flexibility index (Phi) is 13.1. The third-order valence-electron chi connectivity index (χ3n) is 11.5. The van der Waals surface area contributed by atoms with Crippen LogP contribution in [0.4, 0.5) is 0 Å². The third-order valence-corrected chi connectivity index (χ3v) is 12.0. The van der Waals surface area contributed by atoms with Crippen LogP contribution in [0.1, 0.15) is 113 Å². The molecule has 7 atom stereocenters. The molecule has 7 unspecified atom stereocenters. The maximum atomic E-state index is 5.50. The first-order valence-electron chi connectivity index (χ1n) is 16.0. The van der Waals surface area contributed by atoms with Gasteiger partial charge in [0.2, 0.25) is 0 Å². The van der Waals surface area contributed by atoms with Crippen molar-refractivity contribution >= 4 is 22.8 Å². The first-order valence-corrected chi connectivity index (χ1v) is 16.4. The summed E-state index contributed by atoms with van der Waals surface area (Å²) < 4.78 is 0. The predicted molar refractivity (Wildman–Crippen MR) is 183 cm³/mol. The highest BCUT2D eigenvalue weighted by atomic mass is 32.1. The Morgan fingerprint density at radius 2 is 1.88 bits per heavy atom. The van der Waals surface area contributed by atoms with Crippen LogP contribution in [0.5, 0.6) is 0 Å². The van der Waals surface area contributed by atoms with E-state index in [4.69, 9.17) is 17.2 Å². The van der Waals surface area contributed by atoms with Crippen LogP contribution in [0.15, 0.2) is 42.5 Å². The largest absolute Gasteiger partial charge is 0.318 e. The predicted octanol–water partition coefficient (Wildman–Crippen LogP) is 9.15. The summed E-state index contributed by atoms with van der Waals surface area (Å²) in [5, 5.41) is 6.58. The van der Waals surface area contributed by atoms with Crippen molar-refractivity contribution in [2.45, 2.75) is 125 Å². The van der Waals surface area contributed by atoms with Crippen LogP contribution in [-0.2, 0) is 0 Å². The molecule has 0 aromatic rings. The van der Waals surface area contributed by atoms with Gasteiger partial charge in [-0.1, -0.05) is 78.1 Å². The van der Waals surface area contributed by atoms with Gasteiger partial charge in [0.05, 0.1) is 0 Å². The average Bonchev–Trinajstić information content (AvgIpc) is 3.27. The number of nitrogens with one attached hydrogen (secondary N) is 2. The van der Waals surface area contributed by atoms with E-state index in [-0.39, 0.29) is 7.43 Å². The molecular formula is C36H63N3S. The molecule has 5 rings (SSSR count). The number of rotatable bonds is 9. The summed E-state index contributed by atoms with van der Waals surface area (Å²) in [6.45, 7) is 23.7. The smallest absolute Gasteiger partial charge is 0.0389 e. The molecule has 0 bridgehead atoms. The van der Waals surface area contributed by atoms with Gasteiger partial charge in [-0.15, -0.1) is 13.2 Å². The van der Waals surface area contributed by atoms with Gasteiger partial charge in [0.15, 0.2) is 0 Å². The molecule has 0 amide bonds. The fourth-order valence-electron chi connectivity index (χ4n) is 9.92. The quantitative estimate of drug-likeness (QED) is 0.126. The topological polar surface area (TPSA) is 36.4 Å². The van der Waals surface area contributed by atoms with Crippen molar-refractivity contribution in [1.29, 1.82) is 0 Å². The molecule has 3 nitrogen and oxygen atoms in total. The van der Waals surface area contributed by atoms with E-state index in [1.807, 2.05) is 7.05 Å². The van der Waals surface area contributed by atoms with Gasteiger partial charge in [-0.25, -0.2) is 0 Å². The van der Waals surface area contributed by atoms with Gasteiger partial charge in [0.1, 0.15) is 0 Å². The van der Waals surface area contributed by atoms with Gasteiger partial charge in [-0.05, 0) is 101 Å². The number of thiocarbonyl (C=S) groups is 1. The Morgan fingerprint density at radius 1 is 1.18 bits per heavy atom. The zero-order chi connectivity index (χ0) is 28.8. The monoisotopic (exact) mass is 569 g/mol. The first kappa shape index (κ1) is 35.1. The zero-order valence-corrected chi connectivity index (χ0v) is 27.0.